The normalized spacial score (nSPS) is 18.8. The molecular formula is C17H22N2O2S. The van der Waals surface area contributed by atoms with Gasteiger partial charge in [-0.1, -0.05) is 44.7 Å². The summed E-state index contributed by atoms with van der Waals surface area (Å²) in [5, 5.41) is 8.88. The van der Waals surface area contributed by atoms with Crippen LogP contribution in [0.5, 0.6) is 0 Å². The van der Waals surface area contributed by atoms with Crippen molar-refractivity contribution in [3.8, 4) is 11.5 Å². The molecular weight excluding hydrogens is 296 g/mol. The fourth-order valence-corrected chi connectivity index (χ4v) is 3.27. The number of rotatable bonds is 4. The van der Waals surface area contributed by atoms with E-state index in [0.717, 1.165) is 30.8 Å². The van der Waals surface area contributed by atoms with Gasteiger partial charge < -0.3 is 9.15 Å². The zero-order valence-electron chi connectivity index (χ0n) is 13.3. The maximum Gasteiger partial charge on any atom is 0.276 e. The molecule has 22 heavy (non-hydrogen) atoms. The van der Waals surface area contributed by atoms with E-state index in [1.54, 1.807) is 11.8 Å². The van der Waals surface area contributed by atoms with Crippen LogP contribution in [-0.2, 0) is 10.2 Å². The largest absolute Gasteiger partial charge is 0.411 e. The summed E-state index contributed by atoms with van der Waals surface area (Å²) in [7, 11) is 0. The molecule has 1 aromatic carbocycles. The van der Waals surface area contributed by atoms with Gasteiger partial charge in [0.1, 0.15) is 0 Å². The predicted molar refractivity (Wildman–Crippen MR) is 88.1 cm³/mol. The summed E-state index contributed by atoms with van der Waals surface area (Å²) in [6, 6.07) is 8.34. The second-order valence-electron chi connectivity index (χ2n) is 6.65. The van der Waals surface area contributed by atoms with E-state index in [1.165, 1.54) is 5.56 Å². The lowest BCUT2D eigenvalue weighted by atomic mass is 9.87. The molecule has 1 aliphatic rings. The molecule has 0 N–H and O–H groups in total. The number of aromatic nitrogens is 2. The number of ether oxygens (including phenoxy) is 1. The molecule has 1 atom stereocenters. The lowest BCUT2D eigenvalue weighted by Gasteiger charge is -2.18. The minimum absolute atomic E-state index is 0.148. The first-order valence-electron chi connectivity index (χ1n) is 7.71. The summed E-state index contributed by atoms with van der Waals surface area (Å²) in [4.78, 5) is 0. The third-order valence-electron chi connectivity index (χ3n) is 3.82. The van der Waals surface area contributed by atoms with Crippen molar-refractivity contribution < 1.29 is 9.15 Å². The molecule has 1 unspecified atom stereocenters. The van der Waals surface area contributed by atoms with Crippen LogP contribution in [0.4, 0.5) is 0 Å². The molecule has 0 aliphatic carbocycles. The highest BCUT2D eigenvalue weighted by Gasteiger charge is 2.18. The van der Waals surface area contributed by atoms with Crippen molar-refractivity contribution in [3.63, 3.8) is 0 Å². The van der Waals surface area contributed by atoms with Crippen LogP contribution >= 0.6 is 11.8 Å². The first-order valence-corrected chi connectivity index (χ1v) is 8.70. The van der Waals surface area contributed by atoms with E-state index in [2.05, 4.69) is 43.1 Å². The summed E-state index contributed by atoms with van der Waals surface area (Å²) < 4.78 is 11.3. The molecule has 0 bridgehead atoms. The van der Waals surface area contributed by atoms with Gasteiger partial charge in [0.05, 0.1) is 6.10 Å². The average molecular weight is 318 g/mol. The van der Waals surface area contributed by atoms with Gasteiger partial charge in [0.2, 0.25) is 5.89 Å². The molecule has 4 nitrogen and oxygen atoms in total. The Morgan fingerprint density at radius 3 is 2.59 bits per heavy atom. The van der Waals surface area contributed by atoms with E-state index in [4.69, 9.17) is 9.15 Å². The molecule has 1 fully saturated rings. The summed E-state index contributed by atoms with van der Waals surface area (Å²) >= 11 is 1.58. The summed E-state index contributed by atoms with van der Waals surface area (Å²) in [6.07, 6.45) is 2.61. The number of hydrogen-bond donors (Lipinski definition) is 0. The third kappa shape index (κ3) is 3.70. The Bertz CT molecular complexity index is 610. The van der Waals surface area contributed by atoms with E-state index in [-0.39, 0.29) is 5.41 Å². The van der Waals surface area contributed by atoms with Crippen LogP contribution < -0.4 is 0 Å². The van der Waals surface area contributed by atoms with Crippen LogP contribution in [-0.4, -0.2) is 28.7 Å². The van der Waals surface area contributed by atoms with Crippen molar-refractivity contribution in [2.75, 3.05) is 12.4 Å². The molecule has 1 aliphatic heterocycles. The Morgan fingerprint density at radius 1 is 1.18 bits per heavy atom. The highest BCUT2D eigenvalue weighted by atomic mass is 32.2. The zero-order valence-corrected chi connectivity index (χ0v) is 14.2. The van der Waals surface area contributed by atoms with E-state index in [1.807, 2.05) is 12.1 Å². The minimum atomic E-state index is 0.148. The molecule has 2 heterocycles. The van der Waals surface area contributed by atoms with Gasteiger partial charge in [0.15, 0.2) is 0 Å². The molecule has 5 heteroatoms. The van der Waals surface area contributed by atoms with Crippen molar-refractivity contribution in [1.82, 2.24) is 10.2 Å². The van der Waals surface area contributed by atoms with Gasteiger partial charge in [-0.3, -0.25) is 0 Å². The number of nitrogens with zero attached hydrogens (tertiary/aromatic N) is 2. The van der Waals surface area contributed by atoms with E-state index < -0.39 is 0 Å². The van der Waals surface area contributed by atoms with E-state index >= 15 is 0 Å². The van der Waals surface area contributed by atoms with E-state index in [0.29, 0.717) is 17.2 Å². The van der Waals surface area contributed by atoms with Gasteiger partial charge in [-0.15, -0.1) is 10.2 Å². The molecule has 1 aromatic heterocycles. The van der Waals surface area contributed by atoms with Crippen molar-refractivity contribution in [2.45, 2.75) is 50.4 Å². The highest BCUT2D eigenvalue weighted by molar-refractivity contribution is 7.99. The smallest absolute Gasteiger partial charge is 0.276 e. The van der Waals surface area contributed by atoms with Crippen molar-refractivity contribution >= 4 is 11.8 Å². The monoisotopic (exact) mass is 318 g/mol. The molecule has 0 saturated carbocycles. The van der Waals surface area contributed by atoms with Crippen molar-refractivity contribution in [3.05, 3.63) is 29.8 Å². The summed E-state index contributed by atoms with van der Waals surface area (Å²) in [6.45, 7) is 7.48. The lowest BCUT2D eigenvalue weighted by Crippen LogP contribution is -2.10. The van der Waals surface area contributed by atoms with Gasteiger partial charge in [0, 0.05) is 17.9 Å². The van der Waals surface area contributed by atoms with Crippen LogP contribution in [0.3, 0.4) is 0 Å². The SMILES string of the molecule is CC(C)(C)c1ccc(-c2nnc(SCC3CCCO3)o2)cc1. The van der Waals surface area contributed by atoms with Crippen LogP contribution in [0.1, 0.15) is 39.2 Å². The summed E-state index contributed by atoms with van der Waals surface area (Å²) in [5.74, 6) is 1.46. The Kier molecular flexibility index (Phi) is 4.54. The second-order valence-corrected chi connectivity index (χ2v) is 7.62. The number of benzene rings is 1. The van der Waals surface area contributed by atoms with Gasteiger partial charge in [0.25, 0.3) is 5.22 Å². The molecule has 2 aromatic rings. The first kappa shape index (κ1) is 15.6. The Hall–Kier alpha value is -1.33. The Labute approximate surface area is 135 Å². The molecule has 0 spiro atoms. The Morgan fingerprint density at radius 2 is 1.95 bits per heavy atom. The fraction of sp³-hybridized carbons (Fsp3) is 0.529. The first-order chi connectivity index (χ1) is 10.5. The molecule has 0 radical (unpaired) electrons. The zero-order chi connectivity index (χ0) is 15.6. The quantitative estimate of drug-likeness (QED) is 0.786. The van der Waals surface area contributed by atoms with E-state index in [9.17, 15) is 0 Å². The average Bonchev–Trinajstić information content (AvgIpc) is 3.16. The van der Waals surface area contributed by atoms with Gasteiger partial charge in [-0.25, -0.2) is 0 Å². The fourth-order valence-electron chi connectivity index (χ4n) is 2.44. The van der Waals surface area contributed by atoms with Crippen LogP contribution in [0.25, 0.3) is 11.5 Å². The van der Waals surface area contributed by atoms with Crippen LogP contribution in [0, 0.1) is 0 Å². The van der Waals surface area contributed by atoms with Gasteiger partial charge in [-0.2, -0.15) is 0 Å². The minimum Gasteiger partial charge on any atom is -0.411 e. The number of thioether (sulfide) groups is 1. The van der Waals surface area contributed by atoms with Gasteiger partial charge in [-0.05, 0) is 36.0 Å². The topological polar surface area (TPSA) is 48.2 Å². The molecule has 3 rings (SSSR count). The van der Waals surface area contributed by atoms with Crippen molar-refractivity contribution in [2.24, 2.45) is 0 Å². The highest BCUT2D eigenvalue weighted by Crippen LogP contribution is 2.28. The van der Waals surface area contributed by atoms with Crippen molar-refractivity contribution in [1.29, 1.82) is 0 Å². The summed E-state index contributed by atoms with van der Waals surface area (Å²) in [5.41, 5.74) is 2.41. The lowest BCUT2D eigenvalue weighted by molar-refractivity contribution is 0.128. The Balaban J connectivity index is 1.65. The second kappa shape index (κ2) is 6.42. The maximum absolute atomic E-state index is 5.74. The van der Waals surface area contributed by atoms with Crippen LogP contribution in [0.2, 0.25) is 0 Å². The molecule has 1 saturated heterocycles. The standard InChI is InChI=1S/C17H22N2O2S/c1-17(2,3)13-8-6-12(7-9-13)15-18-19-16(21-15)22-11-14-5-4-10-20-14/h6-9,14H,4-5,10-11H2,1-3H3. The molecule has 118 valence electrons. The third-order valence-corrected chi connectivity index (χ3v) is 4.77. The molecule has 0 amide bonds. The van der Waals surface area contributed by atoms with Crippen LogP contribution in [0.15, 0.2) is 33.9 Å². The van der Waals surface area contributed by atoms with Gasteiger partial charge >= 0.3 is 0 Å². The number of hydrogen-bond acceptors (Lipinski definition) is 5. The predicted octanol–water partition coefficient (Wildman–Crippen LogP) is 4.31. The maximum atomic E-state index is 5.74.